The highest BCUT2D eigenvalue weighted by Crippen LogP contribution is 2.26. The van der Waals surface area contributed by atoms with E-state index in [1.807, 2.05) is 12.3 Å². The first-order valence-corrected chi connectivity index (χ1v) is 4.91. The van der Waals surface area contributed by atoms with Gasteiger partial charge in [-0.1, -0.05) is 19.3 Å². The van der Waals surface area contributed by atoms with Crippen LogP contribution in [0.15, 0.2) is 23.3 Å². The van der Waals surface area contributed by atoms with Gasteiger partial charge in [0.2, 0.25) is 0 Å². The second-order valence-corrected chi connectivity index (χ2v) is 3.60. The van der Waals surface area contributed by atoms with Gasteiger partial charge in [-0.3, -0.25) is 4.57 Å². The maximum absolute atomic E-state index is 11.4. The third-order valence-corrected chi connectivity index (χ3v) is 2.71. The van der Waals surface area contributed by atoms with Gasteiger partial charge in [0.1, 0.15) is 0 Å². The van der Waals surface area contributed by atoms with Crippen molar-refractivity contribution < 1.29 is 0 Å². The van der Waals surface area contributed by atoms with Crippen molar-refractivity contribution in [3.63, 3.8) is 0 Å². The highest BCUT2D eigenvalue weighted by molar-refractivity contribution is 4.85. The first-order chi connectivity index (χ1) is 6.38. The Morgan fingerprint density at radius 1 is 1.31 bits per heavy atom. The van der Waals surface area contributed by atoms with E-state index < -0.39 is 0 Å². The number of rotatable bonds is 1. The molecule has 1 heterocycles. The molecule has 13 heavy (non-hydrogen) atoms. The molecule has 0 saturated heterocycles. The minimum Gasteiger partial charge on any atom is -0.296 e. The largest absolute Gasteiger partial charge is 0.347 e. The lowest BCUT2D eigenvalue weighted by atomic mass is 9.95. The van der Waals surface area contributed by atoms with Crippen LogP contribution in [0.3, 0.4) is 0 Å². The van der Waals surface area contributed by atoms with E-state index in [1.54, 1.807) is 10.8 Å². The smallest absolute Gasteiger partial charge is 0.296 e. The molecule has 1 aromatic rings. The van der Waals surface area contributed by atoms with Crippen LogP contribution in [0.2, 0.25) is 0 Å². The summed E-state index contributed by atoms with van der Waals surface area (Å²) in [4.78, 5) is 15.1. The molecule has 0 radical (unpaired) electrons. The second-order valence-electron chi connectivity index (χ2n) is 3.60. The molecule has 1 aliphatic carbocycles. The molecule has 0 aromatic carbocycles. The lowest BCUT2D eigenvalue weighted by Crippen LogP contribution is -2.27. The maximum Gasteiger partial charge on any atom is 0.347 e. The Morgan fingerprint density at radius 3 is 2.77 bits per heavy atom. The predicted octanol–water partition coefficient (Wildman–Crippen LogP) is 1.75. The zero-order chi connectivity index (χ0) is 9.10. The molecule has 0 aliphatic heterocycles. The molecule has 0 N–H and O–H groups in total. The van der Waals surface area contributed by atoms with Crippen LogP contribution in [0.4, 0.5) is 0 Å². The van der Waals surface area contributed by atoms with E-state index >= 15 is 0 Å². The zero-order valence-corrected chi connectivity index (χ0v) is 7.65. The van der Waals surface area contributed by atoms with Gasteiger partial charge in [0, 0.05) is 18.4 Å². The van der Waals surface area contributed by atoms with Gasteiger partial charge in [0.05, 0.1) is 0 Å². The van der Waals surface area contributed by atoms with Crippen LogP contribution < -0.4 is 5.69 Å². The molecule has 70 valence electrons. The highest BCUT2D eigenvalue weighted by Gasteiger charge is 2.15. The Kier molecular flexibility index (Phi) is 2.43. The van der Waals surface area contributed by atoms with E-state index in [4.69, 9.17) is 0 Å². The van der Waals surface area contributed by atoms with Crippen molar-refractivity contribution in [3.8, 4) is 0 Å². The van der Waals surface area contributed by atoms with E-state index in [-0.39, 0.29) is 5.69 Å². The van der Waals surface area contributed by atoms with Crippen molar-refractivity contribution in [2.24, 2.45) is 0 Å². The van der Waals surface area contributed by atoms with E-state index in [0.29, 0.717) is 6.04 Å². The third kappa shape index (κ3) is 1.79. The predicted molar refractivity (Wildman–Crippen MR) is 50.6 cm³/mol. The van der Waals surface area contributed by atoms with Crippen LogP contribution in [0.1, 0.15) is 38.1 Å². The first kappa shape index (κ1) is 8.48. The van der Waals surface area contributed by atoms with Gasteiger partial charge < -0.3 is 0 Å². The fourth-order valence-electron chi connectivity index (χ4n) is 2.01. The molecule has 1 aromatic heterocycles. The molecule has 0 spiro atoms. The van der Waals surface area contributed by atoms with Gasteiger partial charge in [-0.25, -0.2) is 9.78 Å². The molecule has 0 unspecified atom stereocenters. The molecular weight excluding hydrogens is 164 g/mol. The first-order valence-electron chi connectivity index (χ1n) is 4.91. The van der Waals surface area contributed by atoms with Crippen LogP contribution in [0.5, 0.6) is 0 Å². The quantitative estimate of drug-likeness (QED) is 0.656. The third-order valence-electron chi connectivity index (χ3n) is 2.71. The topological polar surface area (TPSA) is 34.9 Å². The molecule has 2 rings (SSSR count). The summed E-state index contributed by atoms with van der Waals surface area (Å²) in [5.41, 5.74) is -0.102. The van der Waals surface area contributed by atoms with E-state index in [2.05, 4.69) is 4.98 Å². The maximum atomic E-state index is 11.4. The van der Waals surface area contributed by atoms with Crippen LogP contribution >= 0.6 is 0 Å². The normalized spacial score (nSPS) is 18.8. The Hall–Kier alpha value is -1.12. The molecule has 0 amide bonds. The Balaban J connectivity index is 2.24. The lowest BCUT2D eigenvalue weighted by Gasteiger charge is -2.22. The lowest BCUT2D eigenvalue weighted by molar-refractivity contribution is 0.342. The van der Waals surface area contributed by atoms with Crippen molar-refractivity contribution in [2.75, 3.05) is 0 Å². The van der Waals surface area contributed by atoms with E-state index in [0.717, 1.165) is 12.8 Å². The summed E-state index contributed by atoms with van der Waals surface area (Å²) < 4.78 is 1.78. The molecule has 3 nitrogen and oxygen atoms in total. The summed E-state index contributed by atoms with van der Waals surface area (Å²) in [6.07, 6.45) is 9.47. The van der Waals surface area contributed by atoms with Gasteiger partial charge in [-0.2, -0.15) is 0 Å². The van der Waals surface area contributed by atoms with Crippen molar-refractivity contribution in [1.29, 1.82) is 0 Å². The monoisotopic (exact) mass is 178 g/mol. The standard InChI is InChI=1S/C10H14N2O/c13-10-11-7-4-8-12(10)9-5-2-1-3-6-9/h4,7-9H,1-3,5-6H2. The number of nitrogens with zero attached hydrogens (tertiary/aromatic N) is 2. The van der Waals surface area contributed by atoms with Crippen LogP contribution in [-0.4, -0.2) is 9.55 Å². The molecule has 0 bridgehead atoms. The Morgan fingerprint density at radius 2 is 2.08 bits per heavy atom. The van der Waals surface area contributed by atoms with Crippen molar-refractivity contribution in [1.82, 2.24) is 9.55 Å². The van der Waals surface area contributed by atoms with E-state index in [9.17, 15) is 4.79 Å². The molecular formula is C10H14N2O. The number of hydrogen-bond acceptors (Lipinski definition) is 2. The molecule has 0 atom stereocenters. The van der Waals surface area contributed by atoms with Gasteiger partial charge in [0.15, 0.2) is 0 Å². The molecule has 1 aliphatic rings. The Bertz CT molecular complexity index is 326. The second kappa shape index (κ2) is 3.73. The van der Waals surface area contributed by atoms with Crippen molar-refractivity contribution in [3.05, 3.63) is 28.9 Å². The average Bonchev–Trinajstić information content (AvgIpc) is 2.20. The van der Waals surface area contributed by atoms with E-state index in [1.165, 1.54) is 19.3 Å². The van der Waals surface area contributed by atoms with Gasteiger partial charge >= 0.3 is 5.69 Å². The SMILES string of the molecule is O=c1ncccn1C1CCCCC1. The zero-order valence-electron chi connectivity index (χ0n) is 7.65. The fraction of sp³-hybridized carbons (Fsp3) is 0.600. The number of aromatic nitrogens is 2. The summed E-state index contributed by atoms with van der Waals surface area (Å²) in [6, 6.07) is 2.23. The molecule has 1 fully saturated rings. The summed E-state index contributed by atoms with van der Waals surface area (Å²) in [7, 11) is 0. The van der Waals surface area contributed by atoms with Crippen molar-refractivity contribution in [2.45, 2.75) is 38.1 Å². The fourth-order valence-corrected chi connectivity index (χ4v) is 2.01. The summed E-state index contributed by atoms with van der Waals surface area (Å²) in [6.45, 7) is 0. The summed E-state index contributed by atoms with van der Waals surface area (Å²) in [5, 5.41) is 0. The van der Waals surface area contributed by atoms with Crippen LogP contribution in [-0.2, 0) is 0 Å². The highest BCUT2D eigenvalue weighted by atomic mass is 16.1. The van der Waals surface area contributed by atoms with Crippen LogP contribution in [0.25, 0.3) is 0 Å². The minimum atomic E-state index is -0.102. The minimum absolute atomic E-state index is 0.102. The van der Waals surface area contributed by atoms with Crippen molar-refractivity contribution >= 4 is 0 Å². The summed E-state index contributed by atoms with van der Waals surface area (Å²) >= 11 is 0. The average molecular weight is 178 g/mol. The number of hydrogen-bond donors (Lipinski definition) is 0. The van der Waals surface area contributed by atoms with Crippen LogP contribution in [0, 0.1) is 0 Å². The molecule has 3 heteroatoms. The van der Waals surface area contributed by atoms with Gasteiger partial charge in [-0.05, 0) is 18.9 Å². The Labute approximate surface area is 77.4 Å². The van der Waals surface area contributed by atoms with Gasteiger partial charge in [0.25, 0.3) is 0 Å². The summed E-state index contributed by atoms with van der Waals surface area (Å²) in [5.74, 6) is 0. The molecule has 1 saturated carbocycles. The van der Waals surface area contributed by atoms with Gasteiger partial charge in [-0.15, -0.1) is 0 Å².